The van der Waals surface area contributed by atoms with Crippen LogP contribution in [0.4, 0.5) is 5.69 Å². The number of nitrogens with zero attached hydrogens (tertiary/aromatic N) is 1. The molecule has 1 atom stereocenters. The minimum atomic E-state index is -0.0728. The lowest BCUT2D eigenvalue weighted by Crippen LogP contribution is -2.40. The van der Waals surface area contributed by atoms with Crippen LogP contribution in [0.3, 0.4) is 0 Å². The Balaban J connectivity index is 1.94. The molecule has 2 rings (SSSR count). The molecule has 1 saturated heterocycles. The number of benzene rings is 1. The van der Waals surface area contributed by atoms with Gasteiger partial charge >= 0.3 is 0 Å². The third-order valence-electron chi connectivity index (χ3n) is 4.18. The Morgan fingerprint density at radius 3 is 2.45 bits per heavy atom. The average Bonchev–Trinajstić information content (AvgIpc) is 2.88. The zero-order valence-corrected chi connectivity index (χ0v) is 13.5. The number of amides is 2. The van der Waals surface area contributed by atoms with E-state index in [1.807, 2.05) is 30.3 Å². The topological polar surface area (TPSA) is 49.4 Å². The minimum absolute atomic E-state index is 0.0728. The molecule has 0 unspecified atom stereocenters. The maximum atomic E-state index is 12.4. The number of nitrogens with one attached hydrogen (secondary N) is 1. The van der Waals surface area contributed by atoms with Gasteiger partial charge in [-0.2, -0.15) is 0 Å². The van der Waals surface area contributed by atoms with Crippen molar-refractivity contribution in [1.29, 1.82) is 0 Å². The number of carbonyl (C=O) groups excluding carboxylic acids is 2. The summed E-state index contributed by atoms with van der Waals surface area (Å²) in [6, 6.07) is 9.57. The highest BCUT2D eigenvalue weighted by molar-refractivity contribution is 5.96. The van der Waals surface area contributed by atoms with Gasteiger partial charge in [-0.25, -0.2) is 0 Å². The number of anilines is 1. The van der Waals surface area contributed by atoms with Gasteiger partial charge in [0.1, 0.15) is 0 Å². The molecule has 1 aromatic rings. The largest absolute Gasteiger partial charge is 0.351 e. The Morgan fingerprint density at radius 2 is 1.86 bits per heavy atom. The summed E-state index contributed by atoms with van der Waals surface area (Å²) in [5.74, 6) is 0.270. The van der Waals surface area contributed by atoms with Crippen molar-refractivity contribution in [1.82, 2.24) is 5.32 Å². The SMILES string of the molecule is CCCC(CCC)C(=O)N[C@H]1CC(=O)N(c2ccccc2)C1. The van der Waals surface area contributed by atoms with E-state index in [4.69, 9.17) is 0 Å². The molecule has 120 valence electrons. The van der Waals surface area contributed by atoms with Crippen LogP contribution < -0.4 is 10.2 Å². The fraction of sp³-hybridized carbons (Fsp3) is 0.556. The Hall–Kier alpha value is -1.84. The van der Waals surface area contributed by atoms with Gasteiger partial charge in [0.05, 0.1) is 6.04 Å². The minimum Gasteiger partial charge on any atom is -0.351 e. The number of para-hydroxylation sites is 1. The van der Waals surface area contributed by atoms with Crippen molar-refractivity contribution in [2.75, 3.05) is 11.4 Å². The highest BCUT2D eigenvalue weighted by atomic mass is 16.2. The lowest BCUT2D eigenvalue weighted by molar-refractivity contribution is -0.126. The molecule has 1 aliphatic rings. The van der Waals surface area contributed by atoms with Crippen LogP contribution in [0.1, 0.15) is 46.0 Å². The fourth-order valence-electron chi connectivity index (χ4n) is 3.08. The normalized spacial score (nSPS) is 18.0. The smallest absolute Gasteiger partial charge is 0.229 e. The van der Waals surface area contributed by atoms with E-state index in [1.165, 1.54) is 0 Å². The van der Waals surface area contributed by atoms with E-state index in [9.17, 15) is 9.59 Å². The Bertz CT molecular complexity index is 495. The van der Waals surface area contributed by atoms with Crippen molar-refractivity contribution in [2.24, 2.45) is 5.92 Å². The van der Waals surface area contributed by atoms with Gasteiger partial charge in [-0.1, -0.05) is 44.9 Å². The van der Waals surface area contributed by atoms with Crippen LogP contribution in [-0.4, -0.2) is 24.4 Å². The van der Waals surface area contributed by atoms with Gasteiger partial charge in [0, 0.05) is 24.6 Å². The lowest BCUT2D eigenvalue weighted by Gasteiger charge is -2.20. The van der Waals surface area contributed by atoms with Gasteiger partial charge in [-0.05, 0) is 25.0 Å². The molecule has 0 radical (unpaired) electrons. The molecule has 0 aliphatic carbocycles. The third kappa shape index (κ3) is 4.09. The zero-order valence-electron chi connectivity index (χ0n) is 13.5. The maximum Gasteiger partial charge on any atom is 0.229 e. The molecule has 0 aromatic heterocycles. The average molecular weight is 302 g/mol. The molecular formula is C18H26N2O2. The molecule has 0 saturated carbocycles. The predicted octanol–water partition coefficient (Wildman–Crippen LogP) is 3.12. The first-order valence-corrected chi connectivity index (χ1v) is 8.31. The van der Waals surface area contributed by atoms with E-state index in [2.05, 4.69) is 19.2 Å². The summed E-state index contributed by atoms with van der Waals surface area (Å²) in [7, 11) is 0. The molecule has 1 aliphatic heterocycles. The van der Waals surface area contributed by atoms with Crippen molar-refractivity contribution in [3.8, 4) is 0 Å². The van der Waals surface area contributed by atoms with E-state index in [0.29, 0.717) is 13.0 Å². The first-order valence-electron chi connectivity index (χ1n) is 8.31. The van der Waals surface area contributed by atoms with Gasteiger partial charge in [-0.15, -0.1) is 0 Å². The molecule has 1 heterocycles. The Kier molecular flexibility index (Phi) is 5.99. The van der Waals surface area contributed by atoms with E-state index in [0.717, 1.165) is 31.4 Å². The second kappa shape index (κ2) is 7.97. The molecule has 1 aromatic carbocycles. The quantitative estimate of drug-likeness (QED) is 0.841. The zero-order chi connectivity index (χ0) is 15.9. The molecule has 4 heteroatoms. The highest BCUT2D eigenvalue weighted by Gasteiger charge is 2.32. The predicted molar refractivity (Wildman–Crippen MR) is 88.6 cm³/mol. The van der Waals surface area contributed by atoms with Gasteiger partial charge in [-0.3, -0.25) is 9.59 Å². The van der Waals surface area contributed by atoms with Crippen molar-refractivity contribution in [3.05, 3.63) is 30.3 Å². The first kappa shape index (κ1) is 16.5. The lowest BCUT2D eigenvalue weighted by atomic mass is 9.97. The van der Waals surface area contributed by atoms with Crippen molar-refractivity contribution in [3.63, 3.8) is 0 Å². The van der Waals surface area contributed by atoms with Crippen molar-refractivity contribution < 1.29 is 9.59 Å². The van der Waals surface area contributed by atoms with Crippen LogP contribution >= 0.6 is 0 Å². The number of carbonyl (C=O) groups is 2. The summed E-state index contributed by atoms with van der Waals surface area (Å²) < 4.78 is 0. The molecule has 22 heavy (non-hydrogen) atoms. The molecule has 4 nitrogen and oxygen atoms in total. The van der Waals surface area contributed by atoms with Crippen molar-refractivity contribution >= 4 is 17.5 Å². The molecule has 1 N–H and O–H groups in total. The van der Waals surface area contributed by atoms with Gasteiger partial charge in [0.25, 0.3) is 0 Å². The highest BCUT2D eigenvalue weighted by Crippen LogP contribution is 2.22. The molecule has 0 bridgehead atoms. The molecule has 0 spiro atoms. The molecule has 1 fully saturated rings. The number of rotatable bonds is 7. The Labute approximate surface area is 132 Å². The Morgan fingerprint density at radius 1 is 1.23 bits per heavy atom. The monoisotopic (exact) mass is 302 g/mol. The summed E-state index contributed by atoms with van der Waals surface area (Å²) in [5, 5.41) is 3.08. The summed E-state index contributed by atoms with van der Waals surface area (Å²) in [4.78, 5) is 26.3. The van der Waals surface area contributed by atoms with Crippen molar-refractivity contribution in [2.45, 2.75) is 52.0 Å². The van der Waals surface area contributed by atoms with Crippen LogP contribution in [0, 0.1) is 5.92 Å². The summed E-state index contributed by atoms with van der Waals surface area (Å²) in [6.07, 6.45) is 4.26. The standard InChI is InChI=1S/C18H26N2O2/c1-3-8-14(9-4-2)18(22)19-15-12-17(21)20(13-15)16-10-6-5-7-11-16/h5-7,10-11,14-15H,3-4,8-9,12-13H2,1-2H3,(H,19,22)/t15-/m0/s1. The fourth-order valence-corrected chi connectivity index (χ4v) is 3.08. The molecule has 2 amide bonds. The van der Waals surface area contributed by atoms with Gasteiger partial charge in [0.2, 0.25) is 11.8 Å². The van der Waals surface area contributed by atoms with Gasteiger partial charge < -0.3 is 10.2 Å². The summed E-state index contributed by atoms with van der Waals surface area (Å²) in [5.41, 5.74) is 0.905. The summed E-state index contributed by atoms with van der Waals surface area (Å²) in [6.45, 7) is 4.78. The van der Waals surface area contributed by atoms with Crippen LogP contribution in [0.15, 0.2) is 30.3 Å². The second-order valence-electron chi connectivity index (χ2n) is 6.02. The van der Waals surface area contributed by atoms with E-state index >= 15 is 0 Å². The number of hydrogen-bond acceptors (Lipinski definition) is 2. The maximum absolute atomic E-state index is 12.4. The second-order valence-corrected chi connectivity index (χ2v) is 6.02. The first-order chi connectivity index (χ1) is 10.7. The van der Waals surface area contributed by atoms with E-state index in [1.54, 1.807) is 4.90 Å². The number of hydrogen-bond donors (Lipinski definition) is 1. The van der Waals surface area contributed by atoms with E-state index < -0.39 is 0 Å². The van der Waals surface area contributed by atoms with Crippen LogP contribution in [0.25, 0.3) is 0 Å². The van der Waals surface area contributed by atoms with Crippen LogP contribution in [0.2, 0.25) is 0 Å². The van der Waals surface area contributed by atoms with Crippen LogP contribution in [-0.2, 0) is 9.59 Å². The summed E-state index contributed by atoms with van der Waals surface area (Å²) >= 11 is 0. The van der Waals surface area contributed by atoms with Gasteiger partial charge in [0.15, 0.2) is 0 Å². The van der Waals surface area contributed by atoms with Crippen LogP contribution in [0.5, 0.6) is 0 Å². The van der Waals surface area contributed by atoms with E-state index in [-0.39, 0.29) is 23.8 Å². The molecular weight excluding hydrogens is 276 g/mol. The third-order valence-corrected chi connectivity index (χ3v) is 4.18.